The minimum atomic E-state index is 0.717. The first-order valence-corrected chi connectivity index (χ1v) is 24.6. The Kier molecular flexibility index (Phi) is 8.87. The van der Waals surface area contributed by atoms with Crippen LogP contribution in [0.3, 0.4) is 0 Å². The molecule has 72 heavy (non-hydrogen) atoms. The van der Waals surface area contributed by atoms with E-state index in [4.69, 9.17) is 0 Å². The monoisotopic (exact) mass is 917 g/mol. The highest BCUT2D eigenvalue weighted by molar-refractivity contribution is 6.26. The van der Waals surface area contributed by atoms with Crippen molar-refractivity contribution in [2.45, 2.75) is 6.42 Å². The lowest BCUT2D eigenvalue weighted by Gasteiger charge is -2.13. The third-order valence-electron chi connectivity index (χ3n) is 14.8. The first kappa shape index (κ1) is 40.2. The molecule has 16 rings (SSSR count). The second kappa shape index (κ2) is 15.9. The van der Waals surface area contributed by atoms with Gasteiger partial charge < -0.3 is 23.3 Å². The van der Waals surface area contributed by atoms with Gasteiger partial charge in [0.15, 0.2) is 0 Å². The lowest BCUT2D eigenvalue weighted by Crippen LogP contribution is -1.98. The van der Waals surface area contributed by atoms with E-state index in [0.717, 1.165) is 11.4 Å². The average molecular weight is 918 g/mol. The van der Waals surface area contributed by atoms with Crippen LogP contribution in [0.25, 0.3) is 132 Å². The number of H-pyrrole nitrogens is 1. The topological polar surface area (TPSA) is 35.5 Å². The first-order chi connectivity index (χ1) is 35.8. The summed E-state index contributed by atoms with van der Waals surface area (Å²) in [7, 11) is 0. The molecule has 0 bridgehead atoms. The number of aromatic nitrogens is 5. The van der Waals surface area contributed by atoms with Crippen molar-refractivity contribution in [1.29, 1.82) is 0 Å². The number of nitrogens with one attached hydrogen (secondary N) is 1. The van der Waals surface area contributed by atoms with E-state index in [1.807, 2.05) is 6.08 Å². The van der Waals surface area contributed by atoms with Gasteiger partial charge in [0.2, 0.25) is 0 Å². The minimum absolute atomic E-state index is 0.717. The molecule has 336 valence electrons. The van der Waals surface area contributed by atoms with Gasteiger partial charge in [0, 0.05) is 87.7 Å². The summed E-state index contributed by atoms with van der Waals surface area (Å²) in [6.45, 7) is 0. The number of allylic oxidation sites excluding steroid dienone is 4. The van der Waals surface area contributed by atoms with Crippen LogP contribution >= 0.6 is 0 Å². The van der Waals surface area contributed by atoms with Crippen molar-refractivity contribution in [3.05, 3.63) is 243 Å². The van der Waals surface area contributed by atoms with Crippen LogP contribution in [0.15, 0.2) is 243 Å². The van der Waals surface area contributed by atoms with Crippen LogP contribution in [-0.2, 0) is 0 Å². The molecule has 1 aliphatic carbocycles. The van der Waals surface area contributed by atoms with Crippen LogP contribution in [0, 0.1) is 11.8 Å². The summed E-state index contributed by atoms with van der Waals surface area (Å²) in [5.74, 6) is 6.43. The van der Waals surface area contributed by atoms with Gasteiger partial charge in [-0.1, -0.05) is 157 Å². The number of para-hydroxylation sites is 7. The third-order valence-corrected chi connectivity index (χ3v) is 14.8. The van der Waals surface area contributed by atoms with Gasteiger partial charge in [0.05, 0.1) is 50.6 Å². The molecule has 1 aliphatic rings. The van der Waals surface area contributed by atoms with Gasteiger partial charge in [-0.15, -0.1) is 0 Å². The molecule has 5 aromatic heterocycles. The fourth-order valence-electron chi connectivity index (χ4n) is 11.8. The Morgan fingerprint density at radius 1 is 0.333 bits per heavy atom. The highest BCUT2D eigenvalue weighted by Crippen LogP contribution is 2.43. The molecule has 5 heterocycles. The largest absolute Gasteiger partial charge is 0.354 e. The van der Waals surface area contributed by atoms with E-state index < -0.39 is 0 Å². The molecule has 10 aromatic carbocycles. The Hall–Kier alpha value is -9.76. The Labute approximate surface area is 414 Å². The Balaban J connectivity index is 0.000000130. The van der Waals surface area contributed by atoms with Crippen LogP contribution < -0.4 is 0 Å². The van der Waals surface area contributed by atoms with Crippen LogP contribution in [0.5, 0.6) is 0 Å². The van der Waals surface area contributed by atoms with Crippen molar-refractivity contribution in [3.63, 3.8) is 0 Å². The molecule has 0 spiro atoms. The standard InChI is InChI=1S/C36H23N3.C31H20N2/c1-5-16-31-25(12-1)29-22-36-30(21-32(29)37-31)28-15-4-8-19-35(28)39(36)24-11-9-10-23(20-24)38-33-17-6-2-13-26(33)27-14-3-7-18-34(27)38;1-2-5-15-23(14-4-1)33-27-18-10-8-16-24(27)25-20-21-29-30(31(25)33)26-17-9-11-19-28(26)32(29)22-12-6-3-7-13-22/h1-22,37H;1,3-4,6-14,16-21H,15H2. The first-order valence-electron chi connectivity index (χ1n) is 24.6. The molecule has 0 unspecified atom stereocenters. The molecule has 0 saturated carbocycles. The van der Waals surface area contributed by atoms with E-state index in [1.54, 1.807) is 0 Å². The molecule has 1 N–H and O–H groups in total. The van der Waals surface area contributed by atoms with Crippen LogP contribution in [0.4, 0.5) is 0 Å². The fourth-order valence-corrected chi connectivity index (χ4v) is 11.8. The van der Waals surface area contributed by atoms with Crippen LogP contribution in [-0.4, -0.2) is 23.3 Å². The van der Waals surface area contributed by atoms with E-state index >= 15 is 0 Å². The Morgan fingerprint density at radius 2 is 0.847 bits per heavy atom. The predicted octanol–water partition coefficient (Wildman–Crippen LogP) is 17.2. The van der Waals surface area contributed by atoms with Crippen LogP contribution in [0.2, 0.25) is 0 Å². The average Bonchev–Trinajstić information content (AvgIpc) is 4.19. The summed E-state index contributed by atoms with van der Waals surface area (Å²) in [5.41, 5.74) is 16.8. The second-order valence-corrected chi connectivity index (χ2v) is 18.7. The minimum Gasteiger partial charge on any atom is -0.354 e. The smallest absolute Gasteiger partial charge is 0.0638 e. The van der Waals surface area contributed by atoms with E-state index in [1.165, 1.54) is 120 Å². The summed E-state index contributed by atoms with van der Waals surface area (Å²) in [4.78, 5) is 3.63. The summed E-state index contributed by atoms with van der Waals surface area (Å²) in [5, 5.41) is 12.7. The van der Waals surface area contributed by atoms with E-state index in [-0.39, 0.29) is 0 Å². The quantitative estimate of drug-likeness (QED) is 0.171. The van der Waals surface area contributed by atoms with Crippen molar-refractivity contribution in [2.75, 3.05) is 0 Å². The van der Waals surface area contributed by atoms with Crippen LogP contribution in [0.1, 0.15) is 6.42 Å². The van der Waals surface area contributed by atoms with Crippen molar-refractivity contribution in [2.24, 2.45) is 0 Å². The van der Waals surface area contributed by atoms with Gasteiger partial charge in [0.25, 0.3) is 0 Å². The molecule has 0 radical (unpaired) electrons. The van der Waals surface area contributed by atoms with Gasteiger partial charge >= 0.3 is 0 Å². The van der Waals surface area contributed by atoms with Crippen molar-refractivity contribution < 1.29 is 0 Å². The maximum Gasteiger partial charge on any atom is 0.0638 e. The van der Waals surface area contributed by atoms with Crippen molar-refractivity contribution in [3.8, 4) is 28.9 Å². The normalized spacial score (nSPS) is 12.7. The molecule has 0 atom stereocenters. The summed E-state index contributed by atoms with van der Waals surface area (Å²) in [6, 6.07) is 81.0. The second-order valence-electron chi connectivity index (χ2n) is 18.7. The zero-order valence-corrected chi connectivity index (χ0v) is 39.1. The summed E-state index contributed by atoms with van der Waals surface area (Å²) >= 11 is 0. The lowest BCUT2D eigenvalue weighted by molar-refractivity contribution is 1.13. The zero-order valence-electron chi connectivity index (χ0n) is 39.1. The zero-order chi connectivity index (χ0) is 47.3. The molecule has 0 amide bonds. The molecule has 0 aliphatic heterocycles. The fraction of sp³-hybridized carbons (Fsp3) is 0.0149. The van der Waals surface area contributed by atoms with Crippen molar-refractivity contribution in [1.82, 2.24) is 23.3 Å². The van der Waals surface area contributed by atoms with Gasteiger partial charge in [-0.25, -0.2) is 0 Å². The number of nitrogens with zero attached hydrogens (tertiary/aromatic N) is 4. The lowest BCUT2D eigenvalue weighted by atomic mass is 10.1. The number of hydrogen-bond donors (Lipinski definition) is 1. The van der Waals surface area contributed by atoms with E-state index in [0.29, 0.717) is 6.42 Å². The third kappa shape index (κ3) is 5.97. The maximum absolute atomic E-state index is 3.63. The van der Waals surface area contributed by atoms with E-state index in [2.05, 4.69) is 272 Å². The molecule has 0 saturated heterocycles. The summed E-state index contributed by atoms with van der Waals surface area (Å²) < 4.78 is 9.62. The van der Waals surface area contributed by atoms with E-state index in [9.17, 15) is 0 Å². The highest BCUT2D eigenvalue weighted by Gasteiger charge is 2.22. The molecule has 15 aromatic rings. The summed E-state index contributed by atoms with van der Waals surface area (Å²) in [6.07, 6.45) is 6.89. The molecular formula is C67H43N5. The molecule has 5 heteroatoms. The number of benzene rings is 10. The van der Waals surface area contributed by atoms with Gasteiger partial charge in [-0.3, -0.25) is 0 Å². The highest BCUT2D eigenvalue weighted by atomic mass is 15.0. The van der Waals surface area contributed by atoms with Crippen molar-refractivity contribution >= 4 is 115 Å². The molecular weight excluding hydrogens is 875 g/mol. The number of fused-ring (bicyclic) bond motifs is 16. The molecule has 0 fully saturated rings. The molecule has 5 nitrogen and oxygen atoms in total. The van der Waals surface area contributed by atoms with Gasteiger partial charge in [0.1, 0.15) is 0 Å². The Bertz CT molecular complexity index is 4790. The maximum atomic E-state index is 3.63. The predicted molar refractivity (Wildman–Crippen MR) is 304 cm³/mol. The number of hydrogen-bond acceptors (Lipinski definition) is 0. The van der Waals surface area contributed by atoms with Gasteiger partial charge in [-0.2, -0.15) is 0 Å². The number of rotatable bonds is 4. The Morgan fingerprint density at radius 3 is 1.53 bits per heavy atom. The SMILES string of the molecule is C1#CCC(n2c3ccccc3c3ccc4c(c5ccccc5n4-c4ccccc4)c32)=CC=C1.c1cc(-n2c3ccccc3c3ccccc32)cc(-n2c3ccccc3c3cc4[nH]c5ccccc5c4cc32)c1. The van der Waals surface area contributed by atoms with Gasteiger partial charge in [-0.05, 0) is 97.1 Å². The number of aromatic amines is 1.